The summed E-state index contributed by atoms with van der Waals surface area (Å²) in [5, 5.41) is 9.29. The monoisotopic (exact) mass is 237 g/mol. The number of halogens is 1. The van der Waals surface area contributed by atoms with E-state index in [9.17, 15) is 9.50 Å². The SMILES string of the molecule is CC(C)(CO)c1ccc(N2CCCC2)c(F)c1. The zero-order chi connectivity index (χ0) is 12.5. The molecule has 1 saturated heterocycles. The summed E-state index contributed by atoms with van der Waals surface area (Å²) in [7, 11) is 0. The number of hydrogen-bond acceptors (Lipinski definition) is 2. The van der Waals surface area contributed by atoms with Gasteiger partial charge in [-0.25, -0.2) is 4.39 Å². The Hall–Kier alpha value is -1.09. The second kappa shape index (κ2) is 4.65. The van der Waals surface area contributed by atoms with Gasteiger partial charge in [-0.3, -0.25) is 0 Å². The fourth-order valence-corrected chi connectivity index (χ4v) is 2.23. The van der Waals surface area contributed by atoms with E-state index in [0.717, 1.165) is 31.5 Å². The quantitative estimate of drug-likeness (QED) is 0.873. The molecule has 0 aromatic heterocycles. The maximum Gasteiger partial charge on any atom is 0.146 e. The third-order valence-electron chi connectivity index (χ3n) is 3.57. The number of aliphatic hydroxyl groups is 1. The Morgan fingerprint density at radius 2 is 1.94 bits per heavy atom. The molecule has 1 aromatic carbocycles. The third-order valence-corrected chi connectivity index (χ3v) is 3.57. The molecule has 2 nitrogen and oxygen atoms in total. The first-order valence-electron chi connectivity index (χ1n) is 6.20. The molecule has 0 saturated carbocycles. The number of benzene rings is 1. The number of aliphatic hydroxyl groups excluding tert-OH is 1. The van der Waals surface area contributed by atoms with Crippen LogP contribution in [0.4, 0.5) is 10.1 Å². The summed E-state index contributed by atoms with van der Waals surface area (Å²) < 4.78 is 14.0. The molecule has 1 heterocycles. The molecule has 2 rings (SSSR count). The van der Waals surface area contributed by atoms with Gasteiger partial charge < -0.3 is 10.0 Å². The van der Waals surface area contributed by atoms with Gasteiger partial charge in [0.1, 0.15) is 5.82 Å². The summed E-state index contributed by atoms with van der Waals surface area (Å²) >= 11 is 0. The molecule has 1 fully saturated rings. The summed E-state index contributed by atoms with van der Waals surface area (Å²) in [6.07, 6.45) is 2.28. The summed E-state index contributed by atoms with van der Waals surface area (Å²) in [5.74, 6) is -0.175. The molecule has 94 valence electrons. The van der Waals surface area contributed by atoms with Gasteiger partial charge in [-0.15, -0.1) is 0 Å². The van der Waals surface area contributed by atoms with Crippen LogP contribution < -0.4 is 4.90 Å². The predicted molar refractivity (Wildman–Crippen MR) is 68.0 cm³/mol. The maximum atomic E-state index is 14.0. The van der Waals surface area contributed by atoms with Gasteiger partial charge in [0.15, 0.2) is 0 Å². The topological polar surface area (TPSA) is 23.5 Å². The van der Waals surface area contributed by atoms with Crippen LogP contribution in [0.1, 0.15) is 32.3 Å². The first-order valence-corrected chi connectivity index (χ1v) is 6.20. The van der Waals surface area contributed by atoms with Crippen molar-refractivity contribution in [3.05, 3.63) is 29.6 Å². The zero-order valence-corrected chi connectivity index (χ0v) is 10.5. The van der Waals surface area contributed by atoms with Crippen molar-refractivity contribution in [1.82, 2.24) is 0 Å². The molecule has 1 aromatic rings. The molecular formula is C14H20FNO. The second-order valence-electron chi connectivity index (χ2n) is 5.40. The van der Waals surface area contributed by atoms with Crippen LogP contribution in [0.2, 0.25) is 0 Å². The molecule has 1 aliphatic rings. The minimum Gasteiger partial charge on any atom is -0.395 e. The Balaban J connectivity index is 2.28. The number of rotatable bonds is 3. The molecular weight excluding hydrogens is 217 g/mol. The Morgan fingerprint density at radius 3 is 2.47 bits per heavy atom. The predicted octanol–water partition coefficient (Wildman–Crippen LogP) is 2.70. The van der Waals surface area contributed by atoms with Crippen molar-refractivity contribution in [2.75, 3.05) is 24.6 Å². The molecule has 1 aliphatic heterocycles. The Labute approximate surface area is 102 Å². The minimum atomic E-state index is -0.385. The Bertz CT molecular complexity index is 397. The highest BCUT2D eigenvalue weighted by atomic mass is 19.1. The number of hydrogen-bond donors (Lipinski definition) is 1. The lowest BCUT2D eigenvalue weighted by Crippen LogP contribution is -2.23. The van der Waals surface area contributed by atoms with E-state index in [1.54, 1.807) is 6.07 Å². The largest absolute Gasteiger partial charge is 0.395 e. The highest BCUT2D eigenvalue weighted by Gasteiger charge is 2.22. The highest BCUT2D eigenvalue weighted by Crippen LogP contribution is 2.29. The average molecular weight is 237 g/mol. The van der Waals surface area contributed by atoms with Crippen molar-refractivity contribution in [2.45, 2.75) is 32.1 Å². The summed E-state index contributed by atoms with van der Waals surface area (Å²) in [6, 6.07) is 5.32. The van der Waals surface area contributed by atoms with Crippen molar-refractivity contribution >= 4 is 5.69 Å². The van der Waals surface area contributed by atoms with Gasteiger partial charge >= 0.3 is 0 Å². The van der Waals surface area contributed by atoms with Crippen LogP contribution >= 0.6 is 0 Å². The lowest BCUT2D eigenvalue weighted by atomic mass is 9.85. The van der Waals surface area contributed by atoms with E-state index in [-0.39, 0.29) is 17.8 Å². The van der Waals surface area contributed by atoms with Crippen molar-refractivity contribution in [3.63, 3.8) is 0 Å². The van der Waals surface area contributed by atoms with Crippen molar-refractivity contribution in [1.29, 1.82) is 0 Å². The van der Waals surface area contributed by atoms with Gasteiger partial charge in [0, 0.05) is 18.5 Å². The summed E-state index contributed by atoms with van der Waals surface area (Å²) in [6.45, 7) is 5.74. The number of anilines is 1. The lowest BCUT2D eigenvalue weighted by molar-refractivity contribution is 0.218. The van der Waals surface area contributed by atoms with E-state index in [1.807, 2.05) is 26.0 Å². The second-order valence-corrected chi connectivity index (χ2v) is 5.40. The zero-order valence-electron chi connectivity index (χ0n) is 10.5. The van der Waals surface area contributed by atoms with Crippen LogP contribution in [0.25, 0.3) is 0 Å². The lowest BCUT2D eigenvalue weighted by Gasteiger charge is -2.24. The van der Waals surface area contributed by atoms with E-state index in [2.05, 4.69) is 4.90 Å². The van der Waals surface area contributed by atoms with E-state index < -0.39 is 0 Å². The standard InChI is InChI=1S/C14H20FNO/c1-14(2,10-17)11-5-6-13(12(15)9-11)16-7-3-4-8-16/h5-6,9,17H,3-4,7-8,10H2,1-2H3. The maximum absolute atomic E-state index is 14.0. The van der Waals surface area contributed by atoms with Gasteiger partial charge in [0.05, 0.1) is 12.3 Å². The van der Waals surface area contributed by atoms with Gasteiger partial charge in [0.25, 0.3) is 0 Å². The van der Waals surface area contributed by atoms with Crippen molar-refractivity contribution in [2.24, 2.45) is 0 Å². The first-order chi connectivity index (χ1) is 8.04. The van der Waals surface area contributed by atoms with Crippen molar-refractivity contribution in [3.8, 4) is 0 Å². The normalized spacial score (nSPS) is 16.6. The molecule has 0 aliphatic carbocycles. The molecule has 0 bridgehead atoms. The van der Waals surface area contributed by atoms with Crippen LogP contribution in [0, 0.1) is 5.82 Å². The summed E-state index contributed by atoms with van der Waals surface area (Å²) in [4.78, 5) is 2.09. The molecule has 17 heavy (non-hydrogen) atoms. The van der Waals surface area contributed by atoms with Crippen LogP contribution in [-0.2, 0) is 5.41 Å². The van der Waals surface area contributed by atoms with Crippen LogP contribution in [-0.4, -0.2) is 24.8 Å². The molecule has 0 atom stereocenters. The van der Waals surface area contributed by atoms with Gasteiger partial charge in [0.2, 0.25) is 0 Å². The van der Waals surface area contributed by atoms with E-state index in [0.29, 0.717) is 5.69 Å². The Kier molecular flexibility index (Phi) is 3.38. The van der Waals surface area contributed by atoms with Gasteiger partial charge in [-0.2, -0.15) is 0 Å². The van der Waals surface area contributed by atoms with Crippen LogP contribution in [0.5, 0.6) is 0 Å². The smallest absolute Gasteiger partial charge is 0.146 e. The highest BCUT2D eigenvalue weighted by molar-refractivity contribution is 5.50. The molecule has 0 radical (unpaired) electrons. The van der Waals surface area contributed by atoms with Gasteiger partial charge in [-0.05, 0) is 30.5 Å². The van der Waals surface area contributed by atoms with Crippen LogP contribution in [0.3, 0.4) is 0 Å². The van der Waals surface area contributed by atoms with E-state index in [1.165, 1.54) is 0 Å². The summed E-state index contributed by atoms with van der Waals surface area (Å²) in [5.41, 5.74) is 1.16. The molecule has 0 unspecified atom stereocenters. The molecule has 3 heteroatoms. The first kappa shape index (κ1) is 12.4. The molecule has 0 amide bonds. The van der Waals surface area contributed by atoms with Crippen LogP contribution in [0.15, 0.2) is 18.2 Å². The number of nitrogens with zero attached hydrogens (tertiary/aromatic N) is 1. The third kappa shape index (κ3) is 2.44. The molecule has 1 N–H and O–H groups in total. The Morgan fingerprint density at radius 1 is 1.29 bits per heavy atom. The fraction of sp³-hybridized carbons (Fsp3) is 0.571. The van der Waals surface area contributed by atoms with E-state index in [4.69, 9.17) is 0 Å². The van der Waals surface area contributed by atoms with E-state index >= 15 is 0 Å². The fourth-order valence-electron chi connectivity index (χ4n) is 2.23. The minimum absolute atomic E-state index is 0.0233. The average Bonchev–Trinajstić information content (AvgIpc) is 2.82. The van der Waals surface area contributed by atoms with Crippen molar-refractivity contribution < 1.29 is 9.50 Å². The molecule has 0 spiro atoms. The van der Waals surface area contributed by atoms with Gasteiger partial charge in [-0.1, -0.05) is 19.9 Å².